The van der Waals surface area contributed by atoms with E-state index >= 15 is 0 Å². The van der Waals surface area contributed by atoms with E-state index in [9.17, 15) is 14.4 Å². The zero-order valence-corrected chi connectivity index (χ0v) is 23.0. The lowest BCUT2D eigenvalue weighted by atomic mass is 10.0. The number of amides is 2. The Hall–Kier alpha value is -1.58. The molecule has 0 bridgehead atoms. The zero-order chi connectivity index (χ0) is 24.0. The van der Waals surface area contributed by atoms with Crippen LogP contribution in [0.1, 0.15) is 50.4 Å². The van der Waals surface area contributed by atoms with E-state index in [0.29, 0.717) is 22.3 Å². The van der Waals surface area contributed by atoms with Gasteiger partial charge in [0.05, 0.1) is 0 Å². The predicted molar refractivity (Wildman–Crippen MR) is 139 cm³/mol. The molecule has 1 aromatic rings. The van der Waals surface area contributed by atoms with E-state index in [1.807, 2.05) is 6.07 Å². The van der Waals surface area contributed by atoms with Crippen molar-refractivity contribution in [3.05, 3.63) is 47.2 Å². The van der Waals surface area contributed by atoms with Crippen LogP contribution in [0.5, 0.6) is 0 Å². The molecule has 2 atom stereocenters. The normalized spacial score (nSPS) is 20.2. The second-order valence-corrected chi connectivity index (χ2v) is 14.4. The van der Waals surface area contributed by atoms with Crippen molar-refractivity contribution >= 4 is 53.8 Å². The summed E-state index contributed by atoms with van der Waals surface area (Å²) in [5.41, 5.74) is 1.76. The summed E-state index contributed by atoms with van der Waals surface area (Å²) in [5, 5.41) is 3.06. The van der Waals surface area contributed by atoms with Gasteiger partial charge in [-0.1, -0.05) is 74.2 Å². The lowest BCUT2D eigenvalue weighted by Gasteiger charge is -2.50. The first-order valence-corrected chi connectivity index (χ1v) is 16.4. The minimum Gasteiger partial charge on any atom is -0.515 e. The molecule has 0 saturated carbocycles. The highest BCUT2D eigenvalue weighted by atomic mass is 79.9. The van der Waals surface area contributed by atoms with E-state index in [-0.39, 0.29) is 23.2 Å². The van der Waals surface area contributed by atoms with Crippen LogP contribution < -0.4 is 5.32 Å². The maximum atomic E-state index is 13.5. The number of halogens is 1. The smallest absolute Gasteiger partial charge is 0.341 e. The standard InChI is InChI=1S/C24H33BrN2O4SSi/c1-4-12-33(13-5-2,14-6-3)31-24(30)20-18(15-25)16-32-23-19(22(29)27(20)23)26-21(28)17-10-8-7-9-11-17/h7-11,19,23H,4-6,12-16H2,1-3H3,(H,26,28)/t19?,23-/m1/s1. The van der Waals surface area contributed by atoms with E-state index in [2.05, 4.69) is 42.0 Å². The van der Waals surface area contributed by atoms with Gasteiger partial charge in [0, 0.05) is 16.6 Å². The maximum absolute atomic E-state index is 13.5. The first kappa shape index (κ1) is 26.0. The summed E-state index contributed by atoms with van der Waals surface area (Å²) >= 11 is 5.06. The van der Waals surface area contributed by atoms with Crippen LogP contribution >= 0.6 is 27.7 Å². The Morgan fingerprint density at radius 3 is 2.27 bits per heavy atom. The molecule has 9 heteroatoms. The molecule has 0 radical (unpaired) electrons. The summed E-state index contributed by atoms with van der Waals surface area (Å²) < 4.78 is 6.35. The number of thioether (sulfide) groups is 1. The van der Waals surface area contributed by atoms with Gasteiger partial charge < -0.3 is 9.74 Å². The number of alkyl halides is 1. The van der Waals surface area contributed by atoms with Crippen molar-refractivity contribution in [2.24, 2.45) is 0 Å². The molecule has 1 saturated heterocycles. The third kappa shape index (κ3) is 5.57. The minimum absolute atomic E-state index is 0.254. The number of rotatable bonds is 11. The first-order valence-electron chi connectivity index (χ1n) is 11.7. The van der Waals surface area contributed by atoms with Gasteiger partial charge in [-0.2, -0.15) is 0 Å². The van der Waals surface area contributed by atoms with E-state index in [1.54, 1.807) is 40.9 Å². The number of carbonyl (C=O) groups excluding carboxylic acids is 3. The summed E-state index contributed by atoms with van der Waals surface area (Å²) in [5.74, 6) is -0.284. The Labute approximate surface area is 210 Å². The van der Waals surface area contributed by atoms with Crippen molar-refractivity contribution < 1.29 is 18.8 Å². The summed E-state index contributed by atoms with van der Waals surface area (Å²) in [6.45, 7) is 6.41. The third-order valence-corrected chi connectivity index (χ3v) is 13.0. The molecule has 2 amide bonds. The molecular formula is C24H33BrN2O4SSi. The third-order valence-electron chi connectivity index (χ3n) is 6.15. The maximum Gasteiger partial charge on any atom is 0.341 e. The van der Waals surface area contributed by atoms with Crippen LogP contribution in [-0.2, 0) is 14.0 Å². The molecule has 2 aliphatic rings. The van der Waals surface area contributed by atoms with Gasteiger partial charge in [-0.25, -0.2) is 4.79 Å². The van der Waals surface area contributed by atoms with Crippen molar-refractivity contribution in [3.63, 3.8) is 0 Å². The Kier molecular flexibility index (Phi) is 9.23. The molecule has 1 fully saturated rings. The quantitative estimate of drug-likeness (QED) is 0.235. The molecule has 1 aromatic carbocycles. The highest BCUT2D eigenvalue weighted by Gasteiger charge is 2.55. The monoisotopic (exact) mass is 552 g/mol. The molecule has 0 aromatic heterocycles. The van der Waals surface area contributed by atoms with Crippen molar-refractivity contribution in [1.29, 1.82) is 0 Å². The SMILES string of the molecule is CCC[Si](CCC)(CCC)OC(=O)C1=C(CBr)CS[C@@H]2C(NC(=O)c3ccccc3)C(=O)N12. The molecular weight excluding hydrogens is 520 g/mol. The number of carbonyl (C=O) groups is 3. The Morgan fingerprint density at radius 2 is 1.73 bits per heavy atom. The van der Waals surface area contributed by atoms with Crippen LogP contribution in [0, 0.1) is 0 Å². The van der Waals surface area contributed by atoms with Crippen LogP contribution in [0.3, 0.4) is 0 Å². The highest BCUT2D eigenvalue weighted by Crippen LogP contribution is 2.42. The summed E-state index contributed by atoms with van der Waals surface area (Å²) in [6, 6.07) is 11.0. The lowest BCUT2D eigenvalue weighted by Crippen LogP contribution is -2.70. The van der Waals surface area contributed by atoms with Crippen LogP contribution in [0.15, 0.2) is 41.6 Å². The molecule has 6 nitrogen and oxygen atoms in total. The van der Waals surface area contributed by atoms with Crippen LogP contribution in [-0.4, -0.2) is 53.5 Å². The number of benzene rings is 1. The van der Waals surface area contributed by atoms with E-state index < -0.39 is 14.4 Å². The Morgan fingerprint density at radius 1 is 1.12 bits per heavy atom. The van der Waals surface area contributed by atoms with Crippen LogP contribution in [0.25, 0.3) is 0 Å². The number of hydrogen-bond donors (Lipinski definition) is 1. The fraction of sp³-hybridized carbons (Fsp3) is 0.542. The van der Waals surface area contributed by atoms with E-state index in [4.69, 9.17) is 4.43 Å². The predicted octanol–water partition coefficient (Wildman–Crippen LogP) is 5.07. The molecule has 180 valence electrons. The number of nitrogens with zero attached hydrogens (tertiary/aromatic N) is 1. The van der Waals surface area contributed by atoms with E-state index in [1.165, 1.54) is 0 Å². The van der Waals surface area contributed by atoms with Crippen molar-refractivity contribution in [3.8, 4) is 0 Å². The van der Waals surface area contributed by atoms with Gasteiger partial charge in [0.15, 0.2) is 0 Å². The average molecular weight is 554 g/mol. The second-order valence-electron chi connectivity index (χ2n) is 8.64. The second kappa shape index (κ2) is 11.7. The Bertz CT molecular complexity index is 894. The fourth-order valence-electron chi connectivity index (χ4n) is 4.73. The zero-order valence-electron chi connectivity index (χ0n) is 19.6. The molecule has 33 heavy (non-hydrogen) atoms. The molecule has 1 unspecified atom stereocenters. The molecule has 0 spiro atoms. The molecule has 1 N–H and O–H groups in total. The number of fused-ring (bicyclic) bond motifs is 1. The van der Waals surface area contributed by atoms with Crippen LogP contribution in [0.2, 0.25) is 18.1 Å². The topological polar surface area (TPSA) is 75.7 Å². The average Bonchev–Trinajstić information content (AvgIpc) is 2.82. The van der Waals surface area contributed by atoms with Gasteiger partial charge in [0.2, 0.25) is 0 Å². The summed E-state index contributed by atoms with van der Waals surface area (Å²) in [6.07, 6.45) is 2.95. The minimum atomic E-state index is -2.24. The van der Waals surface area contributed by atoms with Crippen molar-refractivity contribution in [1.82, 2.24) is 10.2 Å². The molecule has 2 aliphatic heterocycles. The summed E-state index contributed by atoms with van der Waals surface area (Å²) in [7, 11) is -2.24. The lowest BCUT2D eigenvalue weighted by molar-refractivity contribution is -0.148. The number of β-lactam (4-membered cyclic amide) rings is 1. The van der Waals surface area contributed by atoms with Gasteiger partial charge in [-0.3, -0.25) is 14.5 Å². The molecule has 3 rings (SSSR count). The molecule has 2 heterocycles. The Balaban J connectivity index is 1.80. The van der Waals surface area contributed by atoms with Crippen molar-refractivity contribution in [2.75, 3.05) is 11.1 Å². The van der Waals surface area contributed by atoms with Gasteiger partial charge in [-0.05, 0) is 35.8 Å². The van der Waals surface area contributed by atoms with Gasteiger partial charge in [0.1, 0.15) is 17.1 Å². The molecule has 0 aliphatic carbocycles. The largest absolute Gasteiger partial charge is 0.515 e. The number of nitrogens with one attached hydrogen (secondary N) is 1. The fourth-order valence-corrected chi connectivity index (χ4v) is 11.1. The van der Waals surface area contributed by atoms with E-state index in [0.717, 1.165) is 43.0 Å². The van der Waals surface area contributed by atoms with Gasteiger partial charge >= 0.3 is 5.97 Å². The summed E-state index contributed by atoms with van der Waals surface area (Å²) in [4.78, 5) is 40.8. The van der Waals surface area contributed by atoms with Crippen LogP contribution in [0.4, 0.5) is 0 Å². The van der Waals surface area contributed by atoms with Gasteiger partial charge in [-0.15, -0.1) is 11.8 Å². The highest BCUT2D eigenvalue weighted by molar-refractivity contribution is 9.09. The first-order chi connectivity index (χ1) is 15.9. The van der Waals surface area contributed by atoms with Gasteiger partial charge in [0.25, 0.3) is 20.1 Å². The number of hydrogen-bond acceptors (Lipinski definition) is 5. The van der Waals surface area contributed by atoms with Crippen molar-refractivity contribution in [2.45, 2.75) is 69.6 Å².